The van der Waals surface area contributed by atoms with Crippen LogP contribution in [0.25, 0.3) is 17.2 Å². The fraction of sp³-hybridized carbons (Fsp3) is 0.543. The molecule has 4 saturated carbocycles. The molecule has 226 valence electrons. The summed E-state index contributed by atoms with van der Waals surface area (Å²) in [7, 11) is 0. The molecule has 0 aromatic heterocycles. The first kappa shape index (κ1) is 27.9. The number of aliphatic imine (C=N–C) groups is 1. The molecular weight excluding hydrogens is 558 g/mol. The number of hydrogen-bond acceptors (Lipinski definition) is 7. The van der Waals surface area contributed by atoms with Gasteiger partial charge in [0.1, 0.15) is 5.75 Å². The average molecular weight is 600 g/mol. The number of carbonyl (C=O) groups is 1. The van der Waals surface area contributed by atoms with Crippen molar-refractivity contribution in [2.75, 3.05) is 52.6 Å². The molecule has 2 saturated heterocycles. The second kappa shape index (κ2) is 11.4. The summed E-state index contributed by atoms with van der Waals surface area (Å²) in [6.45, 7) is 7.08. The van der Waals surface area contributed by atoms with Crippen molar-refractivity contribution in [3.63, 3.8) is 0 Å². The van der Waals surface area contributed by atoms with Crippen molar-refractivity contribution in [2.45, 2.75) is 50.5 Å². The molecule has 0 unspecified atom stereocenters. The zero-order valence-corrected chi connectivity index (χ0v) is 25.6. The van der Waals surface area contributed by atoms with Gasteiger partial charge in [0.2, 0.25) is 0 Å². The Bertz CT molecular complexity index is 1440. The molecule has 0 radical (unpaired) electrons. The molecule has 3 aliphatic heterocycles. The maximum atomic E-state index is 12.9. The zero-order chi connectivity index (χ0) is 29.0. The molecule has 2 aromatic carbocycles. The van der Waals surface area contributed by atoms with E-state index in [-0.39, 0.29) is 11.3 Å². The molecule has 9 rings (SSSR count). The molecule has 6 fully saturated rings. The van der Waals surface area contributed by atoms with Crippen LogP contribution in [0, 0.1) is 17.8 Å². The highest BCUT2D eigenvalue weighted by atomic mass is 32.2. The van der Waals surface area contributed by atoms with Crippen molar-refractivity contribution >= 4 is 28.9 Å². The van der Waals surface area contributed by atoms with E-state index in [0.717, 1.165) is 85.5 Å². The number of nitrogens with zero attached hydrogens (tertiary/aromatic N) is 3. The molecular formula is C35H41N3O4S. The van der Waals surface area contributed by atoms with E-state index < -0.39 is 0 Å². The quantitative estimate of drug-likeness (QED) is 0.445. The fourth-order valence-electron chi connectivity index (χ4n) is 9.10. The first-order valence-corrected chi connectivity index (χ1v) is 17.0. The van der Waals surface area contributed by atoms with Crippen LogP contribution in [0.3, 0.4) is 0 Å². The Morgan fingerprint density at radius 2 is 1.58 bits per heavy atom. The van der Waals surface area contributed by atoms with Gasteiger partial charge in [-0.25, -0.2) is 0 Å². The summed E-state index contributed by atoms with van der Waals surface area (Å²) in [5.74, 6) is 2.73. The molecule has 2 aromatic rings. The molecule has 4 bridgehead atoms. The van der Waals surface area contributed by atoms with Crippen LogP contribution in [0.4, 0.5) is 0 Å². The van der Waals surface area contributed by atoms with Gasteiger partial charge < -0.3 is 19.5 Å². The van der Waals surface area contributed by atoms with Crippen LogP contribution < -0.4 is 0 Å². The van der Waals surface area contributed by atoms with Gasteiger partial charge >= 0.3 is 0 Å². The number of phenols is 1. The smallest absolute Gasteiger partial charge is 0.286 e. The molecule has 3 heterocycles. The lowest BCUT2D eigenvalue weighted by Gasteiger charge is -2.57. The molecule has 0 atom stereocenters. The van der Waals surface area contributed by atoms with Gasteiger partial charge in [0.25, 0.3) is 5.91 Å². The third-order valence-corrected chi connectivity index (χ3v) is 11.8. The molecule has 7 nitrogen and oxygen atoms in total. The standard InChI is InChI=1S/C35H41N3O4S/c39-31-4-3-27(18-30(31)35-19-24-13-25(20-35)15-26(14-24)21-35)29-16-23(1-2-28(29)22-37-5-9-41-10-6-37)17-32-33(40)36-34(43-32)38-7-11-42-12-8-38/h1-4,16-18,24-26,39H,5-15,19-22H2. The van der Waals surface area contributed by atoms with Crippen LogP contribution in [0.15, 0.2) is 46.3 Å². The summed E-state index contributed by atoms with van der Waals surface area (Å²) in [6, 6.07) is 12.9. The number of rotatable bonds is 5. The van der Waals surface area contributed by atoms with Crippen LogP contribution in [-0.2, 0) is 26.2 Å². The van der Waals surface area contributed by atoms with Gasteiger partial charge in [0, 0.05) is 38.3 Å². The summed E-state index contributed by atoms with van der Waals surface area (Å²) in [4.78, 5) is 22.6. The van der Waals surface area contributed by atoms with Crippen molar-refractivity contribution in [1.29, 1.82) is 0 Å². The monoisotopic (exact) mass is 599 g/mol. The van der Waals surface area contributed by atoms with Crippen molar-refractivity contribution < 1.29 is 19.4 Å². The van der Waals surface area contributed by atoms with Gasteiger partial charge in [0.05, 0.1) is 31.3 Å². The van der Waals surface area contributed by atoms with Gasteiger partial charge in [-0.1, -0.05) is 18.2 Å². The Hall–Kier alpha value is -2.65. The minimum atomic E-state index is -0.167. The second-order valence-corrected chi connectivity index (χ2v) is 14.7. The summed E-state index contributed by atoms with van der Waals surface area (Å²) in [6.07, 6.45) is 9.79. The maximum absolute atomic E-state index is 12.9. The Labute approximate surface area is 258 Å². The Kier molecular flexibility index (Phi) is 7.37. The number of thioether (sulfide) groups is 1. The van der Waals surface area contributed by atoms with Gasteiger partial charge in [-0.3, -0.25) is 9.69 Å². The highest BCUT2D eigenvalue weighted by Gasteiger charge is 2.52. The van der Waals surface area contributed by atoms with Crippen molar-refractivity contribution in [3.8, 4) is 16.9 Å². The first-order valence-electron chi connectivity index (χ1n) is 16.1. The molecule has 0 spiro atoms. The molecule has 1 N–H and O–H groups in total. The summed E-state index contributed by atoms with van der Waals surface area (Å²) < 4.78 is 11.1. The van der Waals surface area contributed by atoms with E-state index in [9.17, 15) is 9.90 Å². The Morgan fingerprint density at radius 1 is 0.907 bits per heavy atom. The lowest BCUT2D eigenvalue weighted by atomic mass is 9.48. The third kappa shape index (κ3) is 5.45. The molecule has 7 aliphatic rings. The maximum Gasteiger partial charge on any atom is 0.286 e. The summed E-state index contributed by atoms with van der Waals surface area (Å²) >= 11 is 1.47. The predicted octanol–water partition coefficient (Wildman–Crippen LogP) is 5.66. The van der Waals surface area contributed by atoms with Gasteiger partial charge in [0.15, 0.2) is 5.17 Å². The van der Waals surface area contributed by atoms with E-state index in [1.165, 1.54) is 61.4 Å². The number of benzene rings is 2. The third-order valence-electron chi connectivity index (χ3n) is 10.7. The molecule has 8 heteroatoms. The van der Waals surface area contributed by atoms with Crippen LogP contribution in [0.1, 0.15) is 55.2 Å². The first-order chi connectivity index (χ1) is 21.0. The number of ether oxygens (including phenoxy) is 2. The number of carbonyl (C=O) groups excluding carboxylic acids is 1. The van der Waals surface area contributed by atoms with Crippen molar-refractivity contribution in [1.82, 2.24) is 9.80 Å². The van der Waals surface area contributed by atoms with E-state index in [1.54, 1.807) is 0 Å². The number of morpholine rings is 2. The van der Waals surface area contributed by atoms with Gasteiger partial charge in [-0.15, -0.1) is 0 Å². The highest BCUT2D eigenvalue weighted by Crippen LogP contribution is 2.62. The second-order valence-electron chi connectivity index (χ2n) is 13.6. The SMILES string of the molecule is O=C1N=C(N2CCOCC2)SC1=Cc1ccc(CN2CCOCC2)c(-c2ccc(O)c(C34CC5CC(CC(C5)C3)C4)c2)c1. The molecule has 43 heavy (non-hydrogen) atoms. The number of hydrogen-bond donors (Lipinski definition) is 1. The Balaban J connectivity index is 1.14. The van der Waals surface area contributed by atoms with Crippen molar-refractivity contribution in [2.24, 2.45) is 22.7 Å². The van der Waals surface area contributed by atoms with E-state index in [2.05, 4.69) is 45.1 Å². The lowest BCUT2D eigenvalue weighted by molar-refractivity contribution is -0.113. The number of aromatic hydroxyl groups is 1. The summed E-state index contributed by atoms with van der Waals surface area (Å²) in [5.41, 5.74) is 5.87. The van der Waals surface area contributed by atoms with Crippen LogP contribution in [0.2, 0.25) is 0 Å². The van der Waals surface area contributed by atoms with E-state index in [4.69, 9.17) is 9.47 Å². The van der Waals surface area contributed by atoms with Crippen molar-refractivity contribution in [3.05, 3.63) is 58.0 Å². The number of phenolic OH excluding ortho intramolecular Hbond substituents is 1. The van der Waals surface area contributed by atoms with E-state index in [1.807, 2.05) is 12.1 Å². The minimum Gasteiger partial charge on any atom is -0.508 e. The van der Waals surface area contributed by atoms with E-state index >= 15 is 0 Å². The normalized spacial score (nSPS) is 31.7. The average Bonchev–Trinajstić information content (AvgIpc) is 3.38. The molecule has 4 aliphatic carbocycles. The minimum absolute atomic E-state index is 0.110. The molecule has 1 amide bonds. The van der Waals surface area contributed by atoms with E-state index in [0.29, 0.717) is 23.9 Å². The van der Waals surface area contributed by atoms with Crippen LogP contribution >= 0.6 is 11.8 Å². The van der Waals surface area contributed by atoms with Crippen LogP contribution in [0.5, 0.6) is 5.75 Å². The lowest BCUT2D eigenvalue weighted by Crippen LogP contribution is -2.48. The Morgan fingerprint density at radius 3 is 2.28 bits per heavy atom. The number of amidine groups is 1. The topological polar surface area (TPSA) is 74.6 Å². The zero-order valence-electron chi connectivity index (χ0n) is 24.8. The van der Waals surface area contributed by atoms with Gasteiger partial charge in [-0.2, -0.15) is 4.99 Å². The largest absolute Gasteiger partial charge is 0.508 e. The predicted molar refractivity (Wildman–Crippen MR) is 170 cm³/mol. The fourth-order valence-corrected chi connectivity index (χ4v) is 10.1. The summed E-state index contributed by atoms with van der Waals surface area (Å²) in [5, 5.41) is 12.1. The van der Waals surface area contributed by atoms with Gasteiger partial charge in [-0.05, 0) is 120 Å². The number of amides is 1. The van der Waals surface area contributed by atoms with Crippen LogP contribution in [-0.4, -0.2) is 78.6 Å². The highest BCUT2D eigenvalue weighted by molar-refractivity contribution is 8.18.